The number of fused-ring (bicyclic) bond motifs is 1. The molecular weight excluding hydrogens is 360 g/mol. The van der Waals surface area contributed by atoms with E-state index in [2.05, 4.69) is 21.2 Å². The fourth-order valence-electron chi connectivity index (χ4n) is 4.09. The fourth-order valence-corrected chi connectivity index (χ4v) is 4.77. The molecule has 1 aliphatic heterocycles. The molecule has 0 spiro atoms. The number of rotatable bonds is 2. The van der Waals surface area contributed by atoms with E-state index in [-0.39, 0.29) is 11.9 Å². The molecule has 1 saturated heterocycles. The number of urea groups is 1. The van der Waals surface area contributed by atoms with E-state index in [0.717, 1.165) is 34.1 Å². The van der Waals surface area contributed by atoms with Gasteiger partial charge in [-0.25, -0.2) is 4.79 Å². The van der Waals surface area contributed by atoms with Crippen LogP contribution < -0.4 is 5.32 Å². The Morgan fingerprint density at radius 1 is 1.35 bits per heavy atom. The monoisotopic (exact) mass is 380 g/mol. The lowest BCUT2D eigenvalue weighted by Gasteiger charge is -2.24. The zero-order chi connectivity index (χ0) is 16.8. The molecule has 2 aliphatic rings. The third kappa shape index (κ3) is 2.73. The lowest BCUT2D eigenvalue weighted by molar-refractivity contribution is -0.149. The van der Waals surface area contributed by atoms with E-state index in [4.69, 9.17) is 0 Å². The second-order valence-electron chi connectivity index (χ2n) is 6.78. The maximum Gasteiger partial charge on any atom is 0.321 e. The Kier molecular flexibility index (Phi) is 4.12. The quantitative estimate of drug-likeness (QED) is 0.819. The van der Waals surface area contributed by atoms with Gasteiger partial charge in [0, 0.05) is 23.2 Å². The van der Waals surface area contributed by atoms with Gasteiger partial charge >= 0.3 is 12.0 Å². The normalized spacial score (nSPS) is 26.2. The number of carboxylic acid groups (broad SMARTS) is 1. The number of aliphatic carboxylic acids is 1. The summed E-state index contributed by atoms with van der Waals surface area (Å²) < 4.78 is 0.978. The zero-order valence-corrected chi connectivity index (χ0v) is 14.9. The molecular formula is C17H21BrN2O3. The molecule has 1 heterocycles. The summed E-state index contributed by atoms with van der Waals surface area (Å²) in [6.45, 7) is 4.75. The molecule has 124 valence electrons. The summed E-state index contributed by atoms with van der Waals surface area (Å²) in [5.41, 5.74) is 2.04. The smallest absolute Gasteiger partial charge is 0.321 e. The highest BCUT2D eigenvalue weighted by Gasteiger charge is 2.55. The first-order valence-electron chi connectivity index (χ1n) is 7.89. The van der Waals surface area contributed by atoms with E-state index in [1.165, 1.54) is 0 Å². The van der Waals surface area contributed by atoms with E-state index < -0.39 is 11.4 Å². The maximum atomic E-state index is 12.6. The highest BCUT2D eigenvalue weighted by atomic mass is 79.9. The van der Waals surface area contributed by atoms with Crippen molar-refractivity contribution in [1.82, 2.24) is 4.90 Å². The SMILES string of the molecule is Cc1cc(Br)cc(C)c1NC(=O)N1C[C@@H]2CCC[C@@]2(C(=O)O)C1. The number of nitrogens with one attached hydrogen (secondary N) is 1. The summed E-state index contributed by atoms with van der Waals surface area (Å²) in [6, 6.07) is 3.72. The van der Waals surface area contributed by atoms with Crippen LogP contribution in [0.15, 0.2) is 16.6 Å². The molecule has 23 heavy (non-hydrogen) atoms. The first-order valence-corrected chi connectivity index (χ1v) is 8.69. The third-order valence-corrected chi connectivity index (χ3v) is 5.77. The van der Waals surface area contributed by atoms with Gasteiger partial charge in [-0.05, 0) is 55.9 Å². The molecule has 1 aromatic carbocycles. The second-order valence-corrected chi connectivity index (χ2v) is 7.69. The molecule has 1 saturated carbocycles. The Hall–Kier alpha value is -1.56. The van der Waals surface area contributed by atoms with Crippen molar-refractivity contribution in [2.75, 3.05) is 18.4 Å². The minimum atomic E-state index is -0.758. The number of anilines is 1. The van der Waals surface area contributed by atoms with Crippen molar-refractivity contribution < 1.29 is 14.7 Å². The predicted octanol–water partition coefficient (Wildman–Crippen LogP) is 3.78. The molecule has 5 nitrogen and oxygen atoms in total. The molecule has 6 heteroatoms. The maximum absolute atomic E-state index is 12.6. The van der Waals surface area contributed by atoms with Gasteiger partial charge in [-0.2, -0.15) is 0 Å². The summed E-state index contributed by atoms with van der Waals surface area (Å²) in [4.78, 5) is 26.0. The molecule has 2 amide bonds. The Labute approximate surface area is 144 Å². The Morgan fingerprint density at radius 3 is 2.57 bits per heavy atom. The van der Waals surface area contributed by atoms with Gasteiger partial charge in [0.1, 0.15) is 0 Å². The van der Waals surface area contributed by atoms with Gasteiger partial charge in [0.2, 0.25) is 0 Å². The molecule has 2 atom stereocenters. The lowest BCUT2D eigenvalue weighted by atomic mass is 9.81. The van der Waals surface area contributed by atoms with Gasteiger partial charge in [0.15, 0.2) is 0 Å². The van der Waals surface area contributed by atoms with Crippen molar-refractivity contribution in [3.8, 4) is 0 Å². The van der Waals surface area contributed by atoms with Gasteiger partial charge in [-0.1, -0.05) is 22.4 Å². The Balaban J connectivity index is 1.77. The molecule has 1 aliphatic carbocycles. The van der Waals surface area contributed by atoms with Gasteiger partial charge in [-0.15, -0.1) is 0 Å². The minimum absolute atomic E-state index is 0.0814. The van der Waals surface area contributed by atoms with Crippen LogP contribution in [0.4, 0.5) is 10.5 Å². The number of carbonyl (C=O) groups excluding carboxylic acids is 1. The average Bonchev–Trinajstić information content (AvgIpc) is 3.00. The topological polar surface area (TPSA) is 69.6 Å². The second kappa shape index (κ2) is 5.82. The zero-order valence-electron chi connectivity index (χ0n) is 13.4. The van der Waals surface area contributed by atoms with Crippen LogP contribution in [0, 0.1) is 25.2 Å². The summed E-state index contributed by atoms with van der Waals surface area (Å²) in [7, 11) is 0. The minimum Gasteiger partial charge on any atom is -0.481 e. The van der Waals surface area contributed by atoms with Crippen molar-refractivity contribution in [2.24, 2.45) is 11.3 Å². The number of carbonyl (C=O) groups is 2. The van der Waals surface area contributed by atoms with Crippen molar-refractivity contribution in [3.63, 3.8) is 0 Å². The summed E-state index contributed by atoms with van der Waals surface area (Å²) in [5.74, 6) is -0.677. The molecule has 2 N–H and O–H groups in total. The first kappa shape index (κ1) is 16.3. The highest BCUT2D eigenvalue weighted by molar-refractivity contribution is 9.10. The van der Waals surface area contributed by atoms with Gasteiger partial charge < -0.3 is 15.3 Å². The lowest BCUT2D eigenvalue weighted by Crippen LogP contribution is -2.38. The standard InChI is InChI=1S/C17H21BrN2O3/c1-10-6-13(18)7-11(2)14(10)19-16(23)20-8-12-4-3-5-17(12,9-20)15(21)22/h6-7,12H,3-5,8-9H2,1-2H3,(H,19,23)(H,21,22)/t12-,17+/m0/s1. The molecule has 0 aromatic heterocycles. The van der Waals surface area contributed by atoms with Crippen molar-refractivity contribution in [1.29, 1.82) is 0 Å². The number of halogens is 1. The predicted molar refractivity (Wildman–Crippen MR) is 91.6 cm³/mol. The fraction of sp³-hybridized carbons (Fsp3) is 0.529. The van der Waals surface area contributed by atoms with E-state index in [0.29, 0.717) is 19.5 Å². The molecule has 0 radical (unpaired) electrons. The Morgan fingerprint density at radius 2 is 2.00 bits per heavy atom. The van der Waals surface area contributed by atoms with Crippen molar-refractivity contribution in [3.05, 3.63) is 27.7 Å². The van der Waals surface area contributed by atoms with Crippen LogP contribution in [0.5, 0.6) is 0 Å². The first-order chi connectivity index (χ1) is 10.8. The van der Waals surface area contributed by atoms with Crippen LogP contribution in [-0.2, 0) is 4.79 Å². The van der Waals surface area contributed by atoms with Crippen molar-refractivity contribution in [2.45, 2.75) is 33.1 Å². The van der Waals surface area contributed by atoms with Crippen LogP contribution in [0.3, 0.4) is 0 Å². The van der Waals surface area contributed by atoms with Crippen LogP contribution >= 0.6 is 15.9 Å². The number of likely N-dealkylation sites (tertiary alicyclic amines) is 1. The summed E-state index contributed by atoms with van der Waals surface area (Å²) in [6.07, 6.45) is 2.51. The Bertz CT molecular complexity index is 653. The molecule has 0 unspecified atom stereocenters. The summed E-state index contributed by atoms with van der Waals surface area (Å²) in [5, 5.41) is 12.6. The molecule has 3 rings (SSSR count). The van der Waals surface area contributed by atoms with E-state index in [1.807, 2.05) is 26.0 Å². The van der Waals surface area contributed by atoms with Gasteiger partial charge in [0.25, 0.3) is 0 Å². The van der Waals surface area contributed by atoms with E-state index in [1.54, 1.807) is 4.90 Å². The van der Waals surface area contributed by atoms with Crippen molar-refractivity contribution >= 4 is 33.6 Å². The number of aryl methyl sites for hydroxylation is 2. The highest BCUT2D eigenvalue weighted by Crippen LogP contribution is 2.49. The molecule has 1 aromatic rings. The van der Waals surface area contributed by atoms with E-state index in [9.17, 15) is 14.7 Å². The summed E-state index contributed by atoms with van der Waals surface area (Å²) >= 11 is 3.45. The van der Waals surface area contributed by atoms with Gasteiger partial charge in [0.05, 0.1) is 5.41 Å². The molecule has 0 bridgehead atoms. The van der Waals surface area contributed by atoms with Crippen LogP contribution in [0.1, 0.15) is 30.4 Å². The number of hydrogen-bond donors (Lipinski definition) is 2. The average molecular weight is 381 g/mol. The largest absolute Gasteiger partial charge is 0.481 e. The van der Waals surface area contributed by atoms with E-state index >= 15 is 0 Å². The number of nitrogens with zero attached hydrogens (tertiary/aromatic N) is 1. The number of hydrogen-bond acceptors (Lipinski definition) is 2. The number of amides is 2. The number of benzene rings is 1. The van der Waals surface area contributed by atoms with Crippen LogP contribution in [-0.4, -0.2) is 35.1 Å². The van der Waals surface area contributed by atoms with Crippen LogP contribution in [0.25, 0.3) is 0 Å². The third-order valence-electron chi connectivity index (χ3n) is 5.31. The van der Waals surface area contributed by atoms with Gasteiger partial charge in [-0.3, -0.25) is 4.79 Å². The van der Waals surface area contributed by atoms with Crippen LogP contribution in [0.2, 0.25) is 0 Å². The molecule has 2 fully saturated rings. The number of carboxylic acids is 1.